The van der Waals surface area contributed by atoms with Gasteiger partial charge in [-0.3, -0.25) is 4.79 Å². The Morgan fingerprint density at radius 1 is 1.20 bits per heavy atom. The highest BCUT2D eigenvalue weighted by atomic mass is 16.5. The molecule has 0 fully saturated rings. The molecule has 0 aliphatic carbocycles. The van der Waals surface area contributed by atoms with E-state index in [1.165, 1.54) is 5.56 Å². The minimum Gasteiger partial charge on any atom is -0.490 e. The minimum atomic E-state index is -0.0270. The molecule has 0 atom stereocenters. The van der Waals surface area contributed by atoms with Gasteiger partial charge in [-0.25, -0.2) is 0 Å². The van der Waals surface area contributed by atoms with Gasteiger partial charge in [0.25, 0.3) is 5.91 Å². The van der Waals surface area contributed by atoms with Crippen LogP contribution in [0.5, 0.6) is 5.75 Å². The molecule has 1 heterocycles. The fraction of sp³-hybridized carbons (Fsp3) is 0.190. The first-order chi connectivity index (χ1) is 12.1. The minimum absolute atomic E-state index is 0.0270. The van der Waals surface area contributed by atoms with Gasteiger partial charge < -0.3 is 14.6 Å². The van der Waals surface area contributed by atoms with E-state index in [2.05, 4.69) is 17.6 Å². The lowest BCUT2D eigenvalue weighted by molar-refractivity contribution is 0.0780. The summed E-state index contributed by atoms with van der Waals surface area (Å²) in [6.45, 7) is 6.69. The van der Waals surface area contributed by atoms with E-state index in [4.69, 9.17) is 4.74 Å². The number of carbonyl (C=O) groups excluding carboxylic acids is 1. The normalized spacial score (nSPS) is 10.6. The van der Waals surface area contributed by atoms with E-state index >= 15 is 0 Å². The van der Waals surface area contributed by atoms with E-state index in [1.54, 1.807) is 18.0 Å². The Kier molecular flexibility index (Phi) is 4.89. The summed E-state index contributed by atoms with van der Waals surface area (Å²) in [7, 11) is 1.81. The Balaban J connectivity index is 1.69. The summed E-state index contributed by atoms with van der Waals surface area (Å²) in [5.41, 5.74) is 3.81. The number of ether oxygens (including phenoxy) is 1. The van der Waals surface area contributed by atoms with Crippen molar-refractivity contribution >= 4 is 16.8 Å². The van der Waals surface area contributed by atoms with Gasteiger partial charge in [0.1, 0.15) is 18.1 Å². The lowest BCUT2D eigenvalue weighted by Crippen LogP contribution is -2.26. The lowest BCUT2D eigenvalue weighted by atomic mass is 10.2. The van der Waals surface area contributed by atoms with Crippen LogP contribution in [0.1, 0.15) is 21.6 Å². The number of aromatic nitrogens is 1. The third kappa shape index (κ3) is 3.91. The zero-order chi connectivity index (χ0) is 17.8. The molecule has 128 valence electrons. The average molecular weight is 334 g/mol. The Hall–Kier alpha value is -3.01. The first-order valence-electron chi connectivity index (χ1n) is 8.24. The Morgan fingerprint density at radius 3 is 2.68 bits per heavy atom. The molecule has 4 heteroatoms. The van der Waals surface area contributed by atoms with Crippen LogP contribution in [0.25, 0.3) is 10.9 Å². The van der Waals surface area contributed by atoms with Gasteiger partial charge in [-0.05, 0) is 42.8 Å². The molecule has 4 nitrogen and oxygen atoms in total. The number of benzene rings is 2. The zero-order valence-corrected chi connectivity index (χ0v) is 14.6. The van der Waals surface area contributed by atoms with E-state index in [1.807, 2.05) is 49.4 Å². The van der Waals surface area contributed by atoms with E-state index in [-0.39, 0.29) is 5.91 Å². The zero-order valence-electron chi connectivity index (χ0n) is 14.6. The summed E-state index contributed by atoms with van der Waals surface area (Å²) in [5, 5.41) is 1.06. The molecule has 0 saturated heterocycles. The summed E-state index contributed by atoms with van der Waals surface area (Å²) < 4.78 is 5.47. The van der Waals surface area contributed by atoms with Crippen molar-refractivity contribution < 1.29 is 9.53 Å². The van der Waals surface area contributed by atoms with E-state index < -0.39 is 0 Å². The molecule has 0 saturated carbocycles. The molecule has 1 amide bonds. The van der Waals surface area contributed by atoms with Gasteiger partial charge in [-0.2, -0.15) is 0 Å². The van der Waals surface area contributed by atoms with Crippen LogP contribution in [0.4, 0.5) is 0 Å². The summed E-state index contributed by atoms with van der Waals surface area (Å²) >= 11 is 0. The van der Waals surface area contributed by atoms with E-state index in [0.29, 0.717) is 18.8 Å². The van der Waals surface area contributed by atoms with Crippen LogP contribution < -0.4 is 4.74 Å². The van der Waals surface area contributed by atoms with Crippen molar-refractivity contribution in [2.24, 2.45) is 0 Å². The fourth-order valence-corrected chi connectivity index (χ4v) is 2.76. The van der Waals surface area contributed by atoms with Gasteiger partial charge in [0, 0.05) is 24.5 Å². The molecule has 1 N–H and O–H groups in total. The van der Waals surface area contributed by atoms with Crippen LogP contribution in [-0.2, 0) is 6.54 Å². The Labute approximate surface area is 147 Å². The SMILES string of the molecule is C=CCOc1ccc(CN(C)C(=O)c2cc3cc(C)ccc3[nH]2)cc1. The maximum absolute atomic E-state index is 12.7. The lowest BCUT2D eigenvalue weighted by Gasteiger charge is -2.16. The second-order valence-corrected chi connectivity index (χ2v) is 6.18. The first kappa shape index (κ1) is 16.8. The van der Waals surface area contributed by atoms with Gasteiger partial charge >= 0.3 is 0 Å². The van der Waals surface area contributed by atoms with Gasteiger partial charge in [0.05, 0.1) is 0 Å². The molecule has 0 unspecified atom stereocenters. The highest BCUT2D eigenvalue weighted by Gasteiger charge is 2.14. The van der Waals surface area contributed by atoms with Crippen molar-refractivity contribution in [1.82, 2.24) is 9.88 Å². The number of nitrogens with zero attached hydrogens (tertiary/aromatic N) is 1. The maximum atomic E-state index is 12.7. The molecule has 3 rings (SSSR count). The molecule has 3 aromatic rings. The number of aromatic amines is 1. The Bertz CT molecular complexity index is 894. The fourth-order valence-electron chi connectivity index (χ4n) is 2.76. The number of carbonyl (C=O) groups is 1. The van der Waals surface area contributed by atoms with Crippen molar-refractivity contribution in [3.63, 3.8) is 0 Å². The molecule has 1 aromatic heterocycles. The number of rotatable bonds is 6. The summed E-state index contributed by atoms with van der Waals surface area (Å²) in [5.74, 6) is 0.768. The molecule has 0 aliphatic rings. The number of nitrogens with one attached hydrogen (secondary N) is 1. The number of H-pyrrole nitrogens is 1. The second kappa shape index (κ2) is 7.26. The monoisotopic (exact) mass is 334 g/mol. The average Bonchev–Trinajstić information content (AvgIpc) is 3.03. The van der Waals surface area contributed by atoms with E-state index in [9.17, 15) is 4.79 Å². The van der Waals surface area contributed by atoms with Crippen LogP contribution >= 0.6 is 0 Å². The molecule has 2 aromatic carbocycles. The van der Waals surface area contributed by atoms with Crippen molar-refractivity contribution in [2.75, 3.05) is 13.7 Å². The van der Waals surface area contributed by atoms with Crippen LogP contribution in [-0.4, -0.2) is 29.4 Å². The predicted molar refractivity (Wildman–Crippen MR) is 101 cm³/mol. The molecular formula is C21H22N2O2. The number of amides is 1. The molecule has 0 radical (unpaired) electrons. The molecule has 0 spiro atoms. The van der Waals surface area contributed by atoms with Gasteiger partial charge in [-0.1, -0.05) is 36.4 Å². The Morgan fingerprint density at radius 2 is 1.96 bits per heavy atom. The number of hydrogen-bond acceptors (Lipinski definition) is 2. The summed E-state index contributed by atoms with van der Waals surface area (Å²) in [6, 6.07) is 15.8. The maximum Gasteiger partial charge on any atom is 0.270 e. The third-order valence-electron chi connectivity index (χ3n) is 4.06. The van der Waals surface area contributed by atoms with Crippen molar-refractivity contribution in [2.45, 2.75) is 13.5 Å². The predicted octanol–water partition coefficient (Wildman–Crippen LogP) is 4.31. The summed E-state index contributed by atoms with van der Waals surface area (Å²) in [6.07, 6.45) is 1.71. The molecular weight excluding hydrogens is 312 g/mol. The highest BCUT2D eigenvalue weighted by molar-refractivity contribution is 5.98. The standard InChI is InChI=1S/C21H22N2O2/c1-4-11-25-18-8-6-16(7-9-18)14-23(3)21(24)20-13-17-12-15(2)5-10-19(17)22-20/h4-10,12-13,22H,1,11,14H2,2-3H3. The van der Waals surface area contributed by atoms with E-state index in [0.717, 1.165) is 22.2 Å². The van der Waals surface area contributed by atoms with Crippen molar-refractivity contribution in [3.8, 4) is 5.75 Å². The van der Waals surface area contributed by atoms with Crippen LogP contribution in [0.2, 0.25) is 0 Å². The number of fused-ring (bicyclic) bond motifs is 1. The third-order valence-corrected chi connectivity index (χ3v) is 4.06. The smallest absolute Gasteiger partial charge is 0.270 e. The summed E-state index contributed by atoms with van der Waals surface area (Å²) in [4.78, 5) is 17.6. The second-order valence-electron chi connectivity index (χ2n) is 6.18. The topological polar surface area (TPSA) is 45.3 Å². The molecule has 0 bridgehead atoms. The van der Waals surface area contributed by atoms with Crippen LogP contribution in [0.15, 0.2) is 61.2 Å². The van der Waals surface area contributed by atoms with Crippen molar-refractivity contribution in [1.29, 1.82) is 0 Å². The largest absolute Gasteiger partial charge is 0.490 e. The van der Waals surface area contributed by atoms with Gasteiger partial charge in [-0.15, -0.1) is 0 Å². The van der Waals surface area contributed by atoms with Gasteiger partial charge in [0.15, 0.2) is 0 Å². The van der Waals surface area contributed by atoms with Crippen LogP contribution in [0, 0.1) is 6.92 Å². The number of hydrogen-bond donors (Lipinski definition) is 1. The first-order valence-corrected chi connectivity index (χ1v) is 8.24. The van der Waals surface area contributed by atoms with Gasteiger partial charge in [0.2, 0.25) is 0 Å². The van der Waals surface area contributed by atoms with Crippen LogP contribution in [0.3, 0.4) is 0 Å². The van der Waals surface area contributed by atoms with Crippen molar-refractivity contribution in [3.05, 3.63) is 78.0 Å². The number of aryl methyl sites for hydroxylation is 1. The molecule has 25 heavy (non-hydrogen) atoms. The quantitative estimate of drug-likeness (QED) is 0.683. The highest BCUT2D eigenvalue weighted by Crippen LogP contribution is 2.19. The molecule has 0 aliphatic heterocycles.